The van der Waals surface area contributed by atoms with Gasteiger partial charge >= 0.3 is 12.1 Å². The van der Waals surface area contributed by atoms with Crippen LogP contribution in [0, 0.1) is 5.82 Å². The van der Waals surface area contributed by atoms with E-state index in [2.05, 4.69) is 9.88 Å². The average Bonchev–Trinajstić information content (AvgIpc) is 3.34. The lowest BCUT2D eigenvalue weighted by atomic mass is 10.1. The average molecular weight is 432 g/mol. The lowest BCUT2D eigenvalue weighted by Crippen LogP contribution is -2.51. The van der Waals surface area contributed by atoms with Crippen LogP contribution in [-0.2, 0) is 16.1 Å². The molecule has 1 aliphatic carbocycles. The highest BCUT2D eigenvalue weighted by Gasteiger charge is 2.44. The van der Waals surface area contributed by atoms with Gasteiger partial charge in [0.15, 0.2) is 5.82 Å². The van der Waals surface area contributed by atoms with E-state index in [1.54, 1.807) is 18.6 Å². The largest absolute Gasteiger partial charge is 0.490 e. The molecule has 2 aromatic rings. The van der Waals surface area contributed by atoms with E-state index in [9.17, 15) is 17.6 Å². The fraction of sp³-hybridized carbons (Fsp3) is 0.474. The van der Waals surface area contributed by atoms with Gasteiger partial charge in [-0.2, -0.15) is 13.2 Å². The van der Waals surface area contributed by atoms with Crippen molar-refractivity contribution in [3.8, 4) is 5.88 Å². The number of alkyl halides is 3. The molecule has 3 heterocycles. The van der Waals surface area contributed by atoms with Crippen LogP contribution >= 0.6 is 0 Å². The first-order valence-corrected chi connectivity index (χ1v) is 9.19. The molecular weight excluding hydrogens is 412 g/mol. The van der Waals surface area contributed by atoms with Crippen molar-refractivity contribution >= 4 is 5.97 Å². The maximum absolute atomic E-state index is 13.7. The molecule has 1 aliphatic heterocycles. The lowest BCUT2D eigenvalue weighted by molar-refractivity contribution is -0.192. The first kappa shape index (κ1) is 22.0. The van der Waals surface area contributed by atoms with Crippen LogP contribution in [0.15, 0.2) is 41.3 Å². The van der Waals surface area contributed by atoms with E-state index in [0.717, 1.165) is 31.5 Å². The van der Waals surface area contributed by atoms with E-state index in [4.69, 9.17) is 23.8 Å². The zero-order chi connectivity index (χ0) is 21.7. The number of ether oxygens (including phenoxy) is 2. The second-order valence-electron chi connectivity index (χ2n) is 6.83. The van der Waals surface area contributed by atoms with Gasteiger partial charge in [-0.05, 0) is 31.0 Å². The number of fused-ring (bicyclic) bond motifs is 1. The van der Waals surface area contributed by atoms with E-state index in [-0.39, 0.29) is 24.1 Å². The van der Waals surface area contributed by atoms with Crippen molar-refractivity contribution in [3.63, 3.8) is 0 Å². The normalized spacial score (nSPS) is 23.9. The van der Waals surface area contributed by atoms with Crippen LogP contribution in [0.4, 0.5) is 17.6 Å². The van der Waals surface area contributed by atoms with Gasteiger partial charge in [-0.1, -0.05) is 0 Å². The van der Waals surface area contributed by atoms with Crippen LogP contribution in [0.2, 0.25) is 0 Å². The monoisotopic (exact) mass is 432 g/mol. The highest BCUT2D eigenvalue weighted by atomic mass is 19.4. The molecule has 2 aliphatic rings. The molecule has 7 nitrogen and oxygen atoms in total. The third-order valence-corrected chi connectivity index (χ3v) is 4.85. The Bertz CT molecular complexity index is 831. The second-order valence-corrected chi connectivity index (χ2v) is 6.83. The molecule has 1 saturated heterocycles. The molecule has 4 rings (SSSR count). The van der Waals surface area contributed by atoms with Gasteiger partial charge in [-0.25, -0.2) is 14.2 Å². The van der Waals surface area contributed by atoms with E-state index in [1.165, 1.54) is 12.3 Å². The highest BCUT2D eigenvalue weighted by Crippen LogP contribution is 2.33. The number of furan rings is 1. The SMILES string of the molecule is Fc1cccnc1O[C@@H]1CC[C@H]2[C@H]1OCCN2Cc1ccoc1.O=C(O)C(F)(F)F. The summed E-state index contributed by atoms with van der Waals surface area (Å²) in [6.45, 7) is 2.38. The minimum absolute atomic E-state index is 0.0444. The summed E-state index contributed by atoms with van der Waals surface area (Å²) < 4.78 is 62.4. The molecule has 0 unspecified atom stereocenters. The fourth-order valence-electron chi connectivity index (χ4n) is 3.53. The molecule has 2 aromatic heterocycles. The van der Waals surface area contributed by atoms with Gasteiger partial charge in [0.2, 0.25) is 0 Å². The Morgan fingerprint density at radius 3 is 2.73 bits per heavy atom. The number of carboxylic acids is 1. The molecule has 3 atom stereocenters. The zero-order valence-electron chi connectivity index (χ0n) is 15.7. The number of aromatic nitrogens is 1. The van der Waals surface area contributed by atoms with Crippen molar-refractivity contribution in [3.05, 3.63) is 48.3 Å². The van der Waals surface area contributed by atoms with Crippen LogP contribution in [0.3, 0.4) is 0 Å². The van der Waals surface area contributed by atoms with E-state index in [0.29, 0.717) is 6.61 Å². The number of morpholine rings is 1. The minimum atomic E-state index is -5.08. The maximum Gasteiger partial charge on any atom is 0.490 e. The van der Waals surface area contributed by atoms with Crippen molar-refractivity contribution in [1.29, 1.82) is 0 Å². The molecule has 0 amide bonds. The summed E-state index contributed by atoms with van der Waals surface area (Å²) in [6, 6.07) is 5.19. The number of carboxylic acid groups (broad SMARTS) is 1. The van der Waals surface area contributed by atoms with Gasteiger partial charge in [0.25, 0.3) is 5.88 Å². The summed E-state index contributed by atoms with van der Waals surface area (Å²) in [4.78, 5) is 15.3. The van der Waals surface area contributed by atoms with Crippen LogP contribution in [0.5, 0.6) is 5.88 Å². The summed E-state index contributed by atoms with van der Waals surface area (Å²) in [6.07, 6.45) is 1.54. The Balaban J connectivity index is 0.000000318. The van der Waals surface area contributed by atoms with Crippen LogP contribution in [0.25, 0.3) is 0 Å². The molecular formula is C19H20F4N2O5. The standard InChI is InChI=1S/C17H19FN2O3.C2HF3O2/c18-13-2-1-6-19-17(13)23-15-4-3-14-16(15)22-9-7-20(14)10-12-5-8-21-11-12;3-2(4,5)1(6)7/h1-2,5-6,8,11,14-16H,3-4,7,9-10H2;(H,6,7)/t14-,15+,16+;/m0./s1. The Morgan fingerprint density at radius 1 is 1.33 bits per heavy atom. The first-order chi connectivity index (χ1) is 14.3. The quantitative estimate of drug-likeness (QED) is 0.743. The third-order valence-electron chi connectivity index (χ3n) is 4.85. The van der Waals surface area contributed by atoms with Crippen molar-refractivity contribution in [2.24, 2.45) is 0 Å². The predicted molar refractivity (Wildman–Crippen MR) is 94.2 cm³/mol. The van der Waals surface area contributed by atoms with Gasteiger partial charge in [0, 0.05) is 30.9 Å². The molecule has 1 saturated carbocycles. The summed E-state index contributed by atoms with van der Waals surface area (Å²) in [5.41, 5.74) is 1.16. The van der Waals surface area contributed by atoms with Gasteiger partial charge < -0.3 is 19.0 Å². The smallest absolute Gasteiger partial charge is 0.475 e. The lowest BCUT2D eigenvalue weighted by Gasteiger charge is -2.38. The molecule has 2 fully saturated rings. The van der Waals surface area contributed by atoms with Gasteiger partial charge in [0.05, 0.1) is 19.1 Å². The molecule has 0 radical (unpaired) electrons. The van der Waals surface area contributed by atoms with Crippen molar-refractivity contribution in [2.45, 2.75) is 43.8 Å². The van der Waals surface area contributed by atoms with Crippen LogP contribution < -0.4 is 4.74 Å². The molecule has 11 heteroatoms. The van der Waals surface area contributed by atoms with E-state index in [1.807, 2.05) is 6.07 Å². The Morgan fingerprint density at radius 2 is 2.10 bits per heavy atom. The predicted octanol–water partition coefficient (Wildman–Crippen LogP) is 3.26. The number of pyridine rings is 1. The molecule has 0 aromatic carbocycles. The molecule has 30 heavy (non-hydrogen) atoms. The number of hydrogen-bond acceptors (Lipinski definition) is 6. The minimum Gasteiger partial charge on any atom is -0.475 e. The van der Waals surface area contributed by atoms with E-state index < -0.39 is 18.0 Å². The number of carbonyl (C=O) groups is 1. The highest BCUT2D eigenvalue weighted by molar-refractivity contribution is 5.73. The number of halogens is 4. The zero-order valence-corrected chi connectivity index (χ0v) is 15.7. The number of aliphatic carboxylic acids is 1. The number of hydrogen-bond donors (Lipinski definition) is 1. The molecule has 1 N–H and O–H groups in total. The van der Waals surface area contributed by atoms with Gasteiger partial charge in [0.1, 0.15) is 12.2 Å². The fourth-order valence-corrected chi connectivity index (χ4v) is 3.53. The van der Waals surface area contributed by atoms with Crippen LogP contribution in [-0.4, -0.2) is 58.5 Å². The molecule has 164 valence electrons. The Labute approximate surface area is 169 Å². The van der Waals surface area contributed by atoms with Crippen LogP contribution in [0.1, 0.15) is 18.4 Å². The van der Waals surface area contributed by atoms with Crippen molar-refractivity contribution in [1.82, 2.24) is 9.88 Å². The van der Waals surface area contributed by atoms with Gasteiger partial charge in [-0.3, -0.25) is 4.90 Å². The van der Waals surface area contributed by atoms with E-state index >= 15 is 0 Å². The third kappa shape index (κ3) is 5.48. The Hall–Kier alpha value is -2.66. The summed E-state index contributed by atoms with van der Waals surface area (Å²) in [7, 11) is 0. The summed E-state index contributed by atoms with van der Waals surface area (Å²) in [5.74, 6) is -3.12. The first-order valence-electron chi connectivity index (χ1n) is 9.19. The van der Waals surface area contributed by atoms with Gasteiger partial charge in [-0.15, -0.1) is 0 Å². The Kier molecular flexibility index (Phi) is 6.93. The van der Waals surface area contributed by atoms with Crippen molar-refractivity contribution in [2.75, 3.05) is 13.2 Å². The number of nitrogens with zero attached hydrogens (tertiary/aromatic N) is 2. The summed E-state index contributed by atoms with van der Waals surface area (Å²) in [5, 5.41) is 7.12. The molecule has 0 bridgehead atoms. The van der Waals surface area contributed by atoms with Crippen molar-refractivity contribution < 1.29 is 41.4 Å². The summed E-state index contributed by atoms with van der Waals surface area (Å²) >= 11 is 0. The molecule has 0 spiro atoms. The number of rotatable bonds is 4. The second kappa shape index (κ2) is 9.43. The maximum atomic E-state index is 13.7. The topological polar surface area (TPSA) is 85.0 Å².